The molecule has 6 heteroatoms. The van der Waals surface area contributed by atoms with Crippen molar-refractivity contribution in [2.24, 2.45) is 0 Å². The molecule has 0 spiro atoms. The lowest BCUT2D eigenvalue weighted by molar-refractivity contribution is 0.0977. The van der Waals surface area contributed by atoms with Crippen LogP contribution in [0.5, 0.6) is 0 Å². The molecule has 0 saturated heterocycles. The van der Waals surface area contributed by atoms with Gasteiger partial charge in [0.05, 0.1) is 10.7 Å². The van der Waals surface area contributed by atoms with Gasteiger partial charge in [-0.3, -0.25) is 10.1 Å². The maximum Gasteiger partial charge on any atom is 0.257 e. The Kier molecular flexibility index (Phi) is 5.55. The summed E-state index contributed by atoms with van der Waals surface area (Å²) in [7, 11) is 0. The summed E-state index contributed by atoms with van der Waals surface area (Å²) in [5, 5.41) is 6.31. The van der Waals surface area contributed by atoms with E-state index in [-0.39, 0.29) is 11.0 Å². The lowest BCUT2D eigenvalue weighted by Gasteiger charge is -2.11. The minimum Gasteiger partial charge on any atom is -0.331 e. The van der Waals surface area contributed by atoms with Gasteiger partial charge in [-0.2, -0.15) is 0 Å². The monoisotopic (exact) mass is 430 g/mol. The number of thiocarbonyl (C=S) groups is 1. The third-order valence-corrected chi connectivity index (χ3v) is 3.87. The fraction of sp³-hybridized carbons (Fsp3) is 0.0667. The third-order valence-electron chi connectivity index (χ3n) is 2.69. The number of halogens is 2. The number of nitrogens with one attached hydrogen (secondary N) is 2. The van der Waals surface area contributed by atoms with E-state index in [0.29, 0.717) is 16.3 Å². The molecule has 0 unspecified atom stereocenters. The standard InChI is InChI=1S/C15H12ClIN2OS/c1-9-3-2-4-10(7-9)14(20)19-15(21)18-13-6-5-11(17)8-12(13)16/h2-8H,1H3,(H2,18,19,20,21). The molecule has 0 bridgehead atoms. The van der Waals surface area contributed by atoms with Crippen LogP contribution in [0.25, 0.3) is 0 Å². The number of rotatable bonds is 2. The van der Waals surface area contributed by atoms with Gasteiger partial charge in [0.25, 0.3) is 5.91 Å². The lowest BCUT2D eigenvalue weighted by atomic mass is 10.1. The van der Waals surface area contributed by atoms with Crippen LogP contribution in [0.15, 0.2) is 42.5 Å². The number of hydrogen-bond donors (Lipinski definition) is 2. The summed E-state index contributed by atoms with van der Waals surface area (Å²) in [5.74, 6) is -0.252. The molecular weight excluding hydrogens is 419 g/mol. The molecule has 0 fully saturated rings. The highest BCUT2D eigenvalue weighted by atomic mass is 127. The first-order valence-corrected chi connectivity index (χ1v) is 7.96. The van der Waals surface area contributed by atoms with E-state index in [1.165, 1.54) is 0 Å². The number of anilines is 1. The topological polar surface area (TPSA) is 41.1 Å². The van der Waals surface area contributed by atoms with Gasteiger partial charge < -0.3 is 5.32 Å². The van der Waals surface area contributed by atoms with Crippen LogP contribution in [0.4, 0.5) is 5.69 Å². The first-order valence-electron chi connectivity index (χ1n) is 6.10. The summed E-state index contributed by atoms with van der Waals surface area (Å²) in [6.45, 7) is 1.93. The minimum atomic E-state index is -0.252. The molecule has 108 valence electrons. The van der Waals surface area contributed by atoms with Gasteiger partial charge in [0, 0.05) is 9.13 Å². The zero-order valence-corrected chi connectivity index (χ0v) is 14.8. The maximum absolute atomic E-state index is 12.1. The number of aryl methyl sites for hydroxylation is 1. The van der Waals surface area contributed by atoms with Gasteiger partial charge in [0.15, 0.2) is 5.11 Å². The molecule has 2 aromatic rings. The second-order valence-electron chi connectivity index (χ2n) is 4.40. The fourth-order valence-electron chi connectivity index (χ4n) is 1.71. The Labute approximate surface area is 147 Å². The van der Waals surface area contributed by atoms with Crippen LogP contribution in [-0.4, -0.2) is 11.0 Å². The van der Waals surface area contributed by atoms with Gasteiger partial charge in [-0.1, -0.05) is 29.3 Å². The average Bonchev–Trinajstić information content (AvgIpc) is 2.42. The molecule has 0 aromatic heterocycles. The van der Waals surface area contributed by atoms with Crippen LogP contribution in [0.3, 0.4) is 0 Å². The van der Waals surface area contributed by atoms with Crippen LogP contribution in [-0.2, 0) is 0 Å². The first kappa shape index (κ1) is 16.2. The zero-order chi connectivity index (χ0) is 15.4. The SMILES string of the molecule is Cc1cccc(C(=O)NC(=S)Nc2ccc(I)cc2Cl)c1. The van der Waals surface area contributed by atoms with Gasteiger partial charge >= 0.3 is 0 Å². The van der Waals surface area contributed by atoms with E-state index < -0.39 is 0 Å². The van der Waals surface area contributed by atoms with Gasteiger partial charge in [-0.25, -0.2) is 0 Å². The van der Waals surface area contributed by atoms with E-state index in [4.69, 9.17) is 23.8 Å². The minimum absolute atomic E-state index is 0.213. The Balaban J connectivity index is 2.03. The van der Waals surface area contributed by atoms with Crippen molar-refractivity contribution in [3.63, 3.8) is 0 Å². The van der Waals surface area contributed by atoms with Gasteiger partial charge in [0.1, 0.15) is 0 Å². The predicted octanol–water partition coefficient (Wildman–Crippen LogP) is 4.38. The van der Waals surface area contributed by atoms with E-state index >= 15 is 0 Å². The van der Waals surface area contributed by atoms with Crippen LogP contribution in [0, 0.1) is 10.5 Å². The molecule has 0 atom stereocenters. The van der Waals surface area contributed by atoms with E-state index in [0.717, 1.165) is 9.13 Å². The highest BCUT2D eigenvalue weighted by Crippen LogP contribution is 2.23. The Morgan fingerprint density at radius 3 is 2.67 bits per heavy atom. The molecule has 0 saturated carbocycles. The fourth-order valence-corrected chi connectivity index (χ4v) is 2.81. The molecule has 0 aliphatic rings. The molecule has 2 rings (SSSR count). The van der Waals surface area contributed by atoms with Crippen molar-refractivity contribution in [1.82, 2.24) is 5.32 Å². The van der Waals surface area contributed by atoms with Crippen LogP contribution < -0.4 is 10.6 Å². The van der Waals surface area contributed by atoms with Gasteiger partial charge in [-0.15, -0.1) is 0 Å². The number of carbonyl (C=O) groups is 1. The third kappa shape index (κ3) is 4.66. The van der Waals surface area contributed by atoms with Crippen molar-refractivity contribution in [1.29, 1.82) is 0 Å². The van der Waals surface area contributed by atoms with Crippen molar-refractivity contribution < 1.29 is 4.79 Å². The van der Waals surface area contributed by atoms with Gasteiger partial charge in [0.2, 0.25) is 0 Å². The van der Waals surface area contributed by atoms with E-state index in [9.17, 15) is 4.79 Å². The van der Waals surface area contributed by atoms with E-state index in [1.807, 2.05) is 37.3 Å². The van der Waals surface area contributed by atoms with Gasteiger partial charge in [-0.05, 0) is 72.1 Å². The molecule has 0 aliphatic heterocycles. The van der Waals surface area contributed by atoms with Crippen LogP contribution in [0.2, 0.25) is 5.02 Å². The van der Waals surface area contributed by atoms with E-state index in [1.54, 1.807) is 12.1 Å². The summed E-state index contributed by atoms with van der Waals surface area (Å²) >= 11 is 13.4. The Bertz CT molecular complexity index is 706. The number of amides is 1. The second kappa shape index (κ2) is 7.20. The van der Waals surface area contributed by atoms with E-state index in [2.05, 4.69) is 33.2 Å². The number of hydrogen-bond acceptors (Lipinski definition) is 2. The van der Waals surface area contributed by atoms with Crippen molar-refractivity contribution in [2.45, 2.75) is 6.92 Å². The molecule has 21 heavy (non-hydrogen) atoms. The second-order valence-corrected chi connectivity index (χ2v) is 6.46. The molecule has 0 radical (unpaired) electrons. The highest BCUT2D eigenvalue weighted by Gasteiger charge is 2.09. The summed E-state index contributed by atoms with van der Waals surface area (Å²) in [6.07, 6.45) is 0. The normalized spacial score (nSPS) is 10.0. The molecular formula is C15H12ClIN2OS. The Hall–Kier alpha value is -1.18. The smallest absolute Gasteiger partial charge is 0.257 e. The zero-order valence-electron chi connectivity index (χ0n) is 11.1. The summed E-state index contributed by atoms with van der Waals surface area (Å²) < 4.78 is 1.03. The van der Waals surface area contributed by atoms with Crippen molar-refractivity contribution in [2.75, 3.05) is 5.32 Å². The molecule has 0 aliphatic carbocycles. The van der Waals surface area contributed by atoms with Crippen molar-refractivity contribution in [3.05, 3.63) is 62.2 Å². The molecule has 2 N–H and O–H groups in total. The highest BCUT2D eigenvalue weighted by molar-refractivity contribution is 14.1. The van der Waals surface area contributed by atoms with Crippen LogP contribution in [0.1, 0.15) is 15.9 Å². The summed E-state index contributed by atoms with van der Waals surface area (Å²) in [6, 6.07) is 12.8. The molecule has 2 aromatic carbocycles. The number of benzene rings is 2. The maximum atomic E-state index is 12.1. The van der Waals surface area contributed by atoms with Crippen molar-refractivity contribution in [3.8, 4) is 0 Å². The summed E-state index contributed by atoms with van der Waals surface area (Å²) in [4.78, 5) is 12.1. The molecule has 3 nitrogen and oxygen atoms in total. The summed E-state index contributed by atoms with van der Waals surface area (Å²) in [5.41, 5.74) is 2.24. The predicted molar refractivity (Wildman–Crippen MR) is 99.0 cm³/mol. The lowest BCUT2D eigenvalue weighted by Crippen LogP contribution is -2.34. The van der Waals surface area contributed by atoms with Crippen LogP contribution >= 0.6 is 46.4 Å². The molecule has 0 heterocycles. The number of carbonyl (C=O) groups excluding carboxylic acids is 1. The largest absolute Gasteiger partial charge is 0.331 e. The average molecular weight is 431 g/mol. The van der Waals surface area contributed by atoms with Crippen molar-refractivity contribution >= 4 is 63.1 Å². The quantitative estimate of drug-likeness (QED) is 0.549. The first-order chi connectivity index (χ1) is 9.95. The Morgan fingerprint density at radius 2 is 2.00 bits per heavy atom. The Morgan fingerprint density at radius 1 is 1.24 bits per heavy atom. The molecule has 1 amide bonds.